The van der Waals surface area contributed by atoms with E-state index in [0.29, 0.717) is 84.3 Å². The molecule has 3 saturated heterocycles. The van der Waals surface area contributed by atoms with Crippen molar-refractivity contribution in [2.75, 3.05) is 106 Å². The fourth-order valence-electron chi connectivity index (χ4n) is 15.7. The van der Waals surface area contributed by atoms with Crippen molar-refractivity contribution in [2.45, 2.75) is 214 Å². The summed E-state index contributed by atoms with van der Waals surface area (Å²) in [4.78, 5) is 192. The van der Waals surface area contributed by atoms with Crippen LogP contribution in [0.2, 0.25) is 0 Å². The number of amides is 11. The van der Waals surface area contributed by atoms with E-state index in [9.17, 15) is 57.8 Å². The van der Waals surface area contributed by atoms with Gasteiger partial charge in [0.15, 0.2) is 11.6 Å². The summed E-state index contributed by atoms with van der Waals surface area (Å²) in [5.41, 5.74) is 6.96. The summed E-state index contributed by atoms with van der Waals surface area (Å²) in [6, 6.07) is 12.3. The third-order valence-electron chi connectivity index (χ3n) is 22.7. The zero-order valence-electron chi connectivity index (χ0n) is 69.4. The van der Waals surface area contributed by atoms with Crippen molar-refractivity contribution < 1.29 is 81.6 Å². The Balaban J connectivity index is 1.09. The van der Waals surface area contributed by atoms with Crippen LogP contribution in [0.25, 0.3) is 0 Å². The number of benzene rings is 2. The number of Topliss-reactive ketones (excluding diaryl/α,β-unsaturated/α-hetero) is 3. The molecule has 12 atom stereocenters. The van der Waals surface area contributed by atoms with Crippen LogP contribution in [-0.4, -0.2) is 247 Å². The van der Waals surface area contributed by atoms with Gasteiger partial charge in [-0.1, -0.05) is 118 Å². The van der Waals surface area contributed by atoms with Gasteiger partial charge in [0.1, 0.15) is 5.78 Å². The summed E-state index contributed by atoms with van der Waals surface area (Å²) in [6.07, 6.45) is 3.23. The fraction of sp³-hybridized carbons (Fsp3) is 0.667. The molecular weight excluding hydrogens is 1480 g/mol. The number of aliphatic hydroxyl groups excluding tert-OH is 1. The number of nitrogens with zero attached hydrogens (tertiary/aromatic N) is 7. The molecule has 3 aliphatic heterocycles. The van der Waals surface area contributed by atoms with Crippen LogP contribution >= 0.6 is 11.3 Å². The lowest BCUT2D eigenvalue weighted by atomic mass is 9.80. The van der Waals surface area contributed by atoms with Crippen LogP contribution in [0.1, 0.15) is 193 Å². The number of rotatable bonds is 49. The van der Waals surface area contributed by atoms with Gasteiger partial charge in [-0.15, -0.1) is 11.3 Å². The van der Waals surface area contributed by atoms with E-state index in [4.69, 9.17) is 19.9 Å². The van der Waals surface area contributed by atoms with E-state index in [1.807, 2.05) is 77.4 Å². The zero-order valence-corrected chi connectivity index (χ0v) is 70.2. The van der Waals surface area contributed by atoms with Crippen molar-refractivity contribution in [2.24, 2.45) is 53.1 Å². The molecule has 114 heavy (non-hydrogen) atoms. The molecule has 0 bridgehead atoms. The lowest BCUT2D eigenvalue weighted by Crippen LogP contribution is -2.54. The first-order valence-corrected chi connectivity index (χ1v) is 41.7. The largest absolute Gasteiger partial charge is 0.431 e. The highest BCUT2D eigenvalue weighted by Crippen LogP contribution is 2.36. The van der Waals surface area contributed by atoms with Crippen molar-refractivity contribution in [3.8, 4) is 0 Å². The third kappa shape index (κ3) is 28.4. The number of piperazine rings is 1. The number of methoxy groups -OCH3 is 1. The second kappa shape index (κ2) is 47.4. The van der Waals surface area contributed by atoms with E-state index in [2.05, 4.69) is 31.2 Å². The number of anilines is 1. The molecule has 2 aromatic carbocycles. The second-order valence-corrected chi connectivity index (χ2v) is 33.0. The number of aromatic nitrogens is 1. The van der Waals surface area contributed by atoms with Crippen LogP contribution in [0.5, 0.6) is 0 Å². The maximum atomic E-state index is 15.2. The average Bonchev–Trinajstić information content (AvgIpc) is 1.36. The number of ether oxygens (including phenoxy) is 3. The summed E-state index contributed by atoms with van der Waals surface area (Å²) in [5.74, 6) is -8.12. The normalized spacial score (nSPS) is 17.6. The first-order chi connectivity index (χ1) is 54.3. The summed E-state index contributed by atoms with van der Waals surface area (Å²) < 4.78 is 18.0. The Morgan fingerprint density at radius 1 is 0.728 bits per heavy atom. The molecule has 3 fully saturated rings. The number of thiazole rings is 1. The third-order valence-corrected chi connectivity index (χ3v) is 23.7. The van der Waals surface area contributed by atoms with Gasteiger partial charge in [0.2, 0.25) is 47.5 Å². The molecule has 3 aliphatic rings. The number of aliphatic hydroxyl groups is 1. The molecule has 0 saturated carbocycles. The Morgan fingerprint density at radius 2 is 1.41 bits per heavy atom. The van der Waals surface area contributed by atoms with Crippen LogP contribution in [0.3, 0.4) is 0 Å². The van der Waals surface area contributed by atoms with Crippen molar-refractivity contribution in [3.05, 3.63) is 82.3 Å². The Labute approximate surface area is 677 Å². The second-order valence-electron chi connectivity index (χ2n) is 32.0. The minimum Gasteiger partial charge on any atom is -0.431 e. The first kappa shape index (κ1) is 94.3. The molecule has 0 spiro atoms. The number of nitrogens with two attached hydrogens (primary N) is 1. The maximum Gasteiger partial charge on any atom is 0.411 e. The number of imide groups is 1. The van der Waals surface area contributed by atoms with Gasteiger partial charge >= 0.3 is 12.1 Å². The van der Waals surface area contributed by atoms with Crippen LogP contribution in [0.4, 0.5) is 15.3 Å². The highest BCUT2D eigenvalue weighted by Gasteiger charge is 2.45. The van der Waals surface area contributed by atoms with E-state index < -0.39 is 95.7 Å². The smallest absolute Gasteiger partial charge is 0.411 e. The molecule has 7 N–H and O–H groups in total. The SMILES string of the molecule is CC[C@H](C)[C@@H]([C@@H](CC(=O)N1CCC[C@H]1[C@H](CO)[C@@H](C)C(=O)C[C@@H](Cc1ccccc1)c1nccs1)OC)N(C)C(=O)[C@@H](CC(=O)[C@H](C(C)C)N(C)C(=O)OC(C(=O)N1CCN(C)CC1)c1ccc(NC(=O)[C@H](CCCNC(N)=O)CC(=O)[C@@H](NC(=O)CCCCCOCCNC(=O)CCN2C(=O)CCC2=O)C(C)C)cc1)C(C)C. The summed E-state index contributed by atoms with van der Waals surface area (Å²) in [7, 11) is 6.54. The minimum atomic E-state index is -1.52. The number of likely N-dealkylation sites (tertiary alicyclic amines) is 2. The number of carbonyl (C=O) groups excluding carboxylic acids is 13. The van der Waals surface area contributed by atoms with Gasteiger partial charge in [-0.3, -0.25) is 57.6 Å². The Bertz CT molecular complexity index is 3620. The van der Waals surface area contributed by atoms with Crippen LogP contribution in [0.15, 0.2) is 66.2 Å². The van der Waals surface area contributed by atoms with Gasteiger partial charge in [-0.05, 0) is 93.4 Å². The Hall–Kier alpha value is -8.58. The molecular formula is C84H128N12O17S. The molecule has 4 heterocycles. The van der Waals surface area contributed by atoms with Crippen LogP contribution < -0.4 is 27.0 Å². The molecule has 6 rings (SSSR count). The molecule has 29 nitrogen and oxygen atoms in total. The number of hydrogen-bond acceptors (Lipinski definition) is 20. The molecule has 30 heteroatoms. The van der Waals surface area contributed by atoms with Crippen LogP contribution in [0, 0.1) is 47.3 Å². The molecule has 3 aromatic rings. The number of likely N-dealkylation sites (N-methyl/N-ethyl adjacent to an activating group) is 3. The molecule has 1 aromatic heterocycles. The van der Waals surface area contributed by atoms with Crippen LogP contribution in [-0.2, 0) is 73.4 Å². The van der Waals surface area contributed by atoms with Gasteiger partial charge in [0.05, 0.1) is 42.3 Å². The summed E-state index contributed by atoms with van der Waals surface area (Å²) in [6.45, 7) is 19.6. The quantitative estimate of drug-likeness (QED) is 0.0229. The monoisotopic (exact) mass is 1610 g/mol. The van der Waals surface area contributed by atoms with Gasteiger partial charge in [-0.2, -0.15) is 0 Å². The van der Waals surface area contributed by atoms with Gasteiger partial charge < -0.3 is 70.8 Å². The highest BCUT2D eigenvalue weighted by molar-refractivity contribution is 7.09. The number of hydrogen-bond donors (Lipinski definition) is 6. The zero-order chi connectivity index (χ0) is 83.9. The topological polar surface area (TPSA) is 376 Å². The number of nitrogens with one attached hydrogen (secondary N) is 4. The number of ketones is 3. The van der Waals surface area contributed by atoms with E-state index in [0.717, 1.165) is 15.5 Å². The minimum absolute atomic E-state index is 0.00865. The van der Waals surface area contributed by atoms with Gasteiger partial charge in [-0.25, -0.2) is 14.6 Å². The van der Waals surface area contributed by atoms with E-state index in [1.165, 1.54) is 42.5 Å². The number of carbonyl (C=O) groups is 13. The fourth-order valence-corrected chi connectivity index (χ4v) is 16.5. The van der Waals surface area contributed by atoms with E-state index >= 15 is 9.59 Å². The Kier molecular flexibility index (Phi) is 39.2. The lowest BCUT2D eigenvalue weighted by Gasteiger charge is -2.41. The van der Waals surface area contributed by atoms with Crippen molar-refractivity contribution >= 4 is 93.8 Å². The van der Waals surface area contributed by atoms with Gasteiger partial charge in [0.25, 0.3) is 5.91 Å². The molecule has 0 aliphatic carbocycles. The number of unbranched alkanes of at least 4 members (excludes halogenated alkanes) is 2. The molecule has 11 amide bonds. The number of primary amides is 1. The van der Waals surface area contributed by atoms with Crippen molar-refractivity contribution in [1.82, 2.24) is 50.3 Å². The van der Waals surface area contributed by atoms with Gasteiger partial charge in [0, 0.05) is 190 Å². The van der Waals surface area contributed by atoms with E-state index in [1.54, 1.807) is 67.8 Å². The average molecular weight is 1610 g/mol. The molecule has 0 radical (unpaired) electrons. The first-order valence-electron chi connectivity index (χ1n) is 40.8. The van der Waals surface area contributed by atoms with Crippen molar-refractivity contribution in [3.63, 3.8) is 0 Å². The molecule has 1 unspecified atom stereocenters. The molecule has 632 valence electrons. The summed E-state index contributed by atoms with van der Waals surface area (Å²) >= 11 is 1.51. The lowest BCUT2D eigenvalue weighted by molar-refractivity contribution is -0.148. The highest BCUT2D eigenvalue weighted by atomic mass is 32.1. The number of urea groups is 1. The maximum absolute atomic E-state index is 15.2. The summed E-state index contributed by atoms with van der Waals surface area (Å²) in [5, 5.41) is 24.8. The van der Waals surface area contributed by atoms with Crippen molar-refractivity contribution in [1.29, 1.82) is 0 Å². The Morgan fingerprint density at radius 3 is 2.02 bits per heavy atom. The standard InChI is InChI=1S/C84H128N12O17S/c1-14-56(8)77(69(111-13)51-74(105)95-38-22-26-65(95)64(52-97)57(9)66(98)49-61(80-87-37-46-114-80)47-58-23-17-15-18-24-58)92(11)81(107)63(53(2)3)50-68(100)76(55(6)7)93(12)84(110)113-78(82(108)94-42-40-91(10)41-43-94)59-28-30-62(31-29-59)89-79(106)60(25-21-35-88-83(85)109)48-67(99)75(54(4)5)90-71(102)27-19-16-20-44-112-45-36-86-70(101)34-39-96-72(103)32-33-73(96)104/h15,17-18,23-24,28-31,37,46,53-57,60-61,63-65,69,75-78,97H,14,16,19-22,25-27,32-36,38-45,47-52H2,1-13H3,(H,86,101)(H,89,106)(H,90,102)(H3,85,88,109)/t56-,57+,60+,61+,63-,64+,65-,69+,75-,76-,77-,78?/m0/s1. The van der Waals surface area contributed by atoms with E-state index in [-0.39, 0.29) is 179 Å². The predicted molar refractivity (Wildman–Crippen MR) is 433 cm³/mol. The predicted octanol–water partition coefficient (Wildman–Crippen LogP) is 8.12.